The van der Waals surface area contributed by atoms with Gasteiger partial charge in [0, 0.05) is 32.2 Å². The van der Waals surface area contributed by atoms with Crippen LogP contribution >= 0.6 is 0 Å². The van der Waals surface area contributed by atoms with Gasteiger partial charge in [0.15, 0.2) is 0 Å². The topological polar surface area (TPSA) is 41.6 Å². The Hall–Kier alpha value is -1.39. The van der Waals surface area contributed by atoms with Gasteiger partial charge >= 0.3 is 5.97 Å². The molecule has 110 valence electrons. The van der Waals surface area contributed by atoms with E-state index in [0.29, 0.717) is 11.6 Å². The van der Waals surface area contributed by atoms with Crippen LogP contribution < -0.4 is 5.32 Å². The Bertz CT molecular complexity index is 429. The van der Waals surface area contributed by atoms with Gasteiger partial charge in [0.1, 0.15) is 0 Å². The molecular weight excluding hydrogens is 252 g/mol. The first-order valence-corrected chi connectivity index (χ1v) is 7.36. The number of carbonyl (C=O) groups is 1. The lowest BCUT2D eigenvalue weighted by Crippen LogP contribution is -2.50. The predicted molar refractivity (Wildman–Crippen MR) is 79.8 cm³/mol. The average molecular weight is 276 g/mol. The van der Waals surface area contributed by atoms with Crippen molar-refractivity contribution in [3.05, 3.63) is 35.4 Å². The molecule has 1 heterocycles. The van der Waals surface area contributed by atoms with Crippen molar-refractivity contribution in [1.82, 2.24) is 10.2 Å². The molecule has 0 bridgehead atoms. The van der Waals surface area contributed by atoms with E-state index in [4.69, 9.17) is 4.74 Å². The molecule has 0 radical (unpaired) electrons. The molecule has 1 aliphatic rings. The zero-order valence-electron chi connectivity index (χ0n) is 12.4. The number of nitrogens with one attached hydrogen (secondary N) is 1. The highest BCUT2D eigenvalue weighted by atomic mass is 16.5. The first kappa shape index (κ1) is 15.0. The van der Waals surface area contributed by atoms with Crippen LogP contribution in [0.15, 0.2) is 24.3 Å². The molecule has 4 heteroatoms. The summed E-state index contributed by atoms with van der Waals surface area (Å²) in [7, 11) is 1.41. The van der Waals surface area contributed by atoms with Gasteiger partial charge in [0.2, 0.25) is 0 Å². The van der Waals surface area contributed by atoms with Crippen molar-refractivity contribution < 1.29 is 9.53 Å². The fourth-order valence-electron chi connectivity index (χ4n) is 2.70. The molecule has 0 amide bonds. The minimum Gasteiger partial charge on any atom is -0.465 e. The molecule has 1 aromatic rings. The molecular formula is C16H24N2O2. The first-order valence-electron chi connectivity index (χ1n) is 7.36. The number of piperazine rings is 1. The molecule has 0 spiro atoms. The van der Waals surface area contributed by atoms with E-state index in [-0.39, 0.29) is 5.97 Å². The highest BCUT2D eigenvalue weighted by Gasteiger charge is 2.18. The molecule has 2 rings (SSSR count). The summed E-state index contributed by atoms with van der Waals surface area (Å²) in [6, 6.07) is 8.33. The van der Waals surface area contributed by atoms with Crippen LogP contribution in [0.25, 0.3) is 0 Å². The van der Waals surface area contributed by atoms with Gasteiger partial charge in [-0.25, -0.2) is 4.79 Å². The highest BCUT2D eigenvalue weighted by molar-refractivity contribution is 5.89. The van der Waals surface area contributed by atoms with Gasteiger partial charge in [-0.2, -0.15) is 0 Å². The van der Waals surface area contributed by atoms with E-state index in [1.54, 1.807) is 0 Å². The highest BCUT2D eigenvalue weighted by Crippen LogP contribution is 2.12. The maximum Gasteiger partial charge on any atom is 0.337 e. The number of ether oxygens (including phenoxy) is 1. The summed E-state index contributed by atoms with van der Waals surface area (Å²) in [5, 5.41) is 3.56. The second kappa shape index (κ2) is 7.41. The summed E-state index contributed by atoms with van der Waals surface area (Å²) >= 11 is 0. The third-order valence-corrected chi connectivity index (χ3v) is 3.76. The van der Waals surface area contributed by atoms with Crippen LogP contribution in [0.2, 0.25) is 0 Å². The third kappa shape index (κ3) is 4.05. The van der Waals surface area contributed by atoms with Gasteiger partial charge in [-0.05, 0) is 24.1 Å². The van der Waals surface area contributed by atoms with E-state index in [0.717, 1.165) is 26.2 Å². The van der Waals surface area contributed by atoms with E-state index in [1.807, 2.05) is 24.3 Å². The SMILES string of the molecule is CCCC1CN(Cc2ccc(C(=O)OC)cc2)CCN1. The molecule has 1 fully saturated rings. The Labute approximate surface area is 121 Å². The first-order chi connectivity index (χ1) is 9.72. The van der Waals surface area contributed by atoms with Crippen molar-refractivity contribution in [1.29, 1.82) is 0 Å². The third-order valence-electron chi connectivity index (χ3n) is 3.76. The maximum atomic E-state index is 11.4. The largest absolute Gasteiger partial charge is 0.465 e. The molecule has 1 unspecified atom stereocenters. The Morgan fingerprint density at radius 2 is 2.15 bits per heavy atom. The molecule has 20 heavy (non-hydrogen) atoms. The molecule has 1 atom stereocenters. The van der Waals surface area contributed by atoms with Crippen molar-refractivity contribution in [2.45, 2.75) is 32.4 Å². The number of esters is 1. The lowest BCUT2D eigenvalue weighted by Gasteiger charge is -2.33. The van der Waals surface area contributed by atoms with Crippen molar-refractivity contribution in [3.8, 4) is 0 Å². The van der Waals surface area contributed by atoms with Crippen molar-refractivity contribution in [3.63, 3.8) is 0 Å². The minimum absolute atomic E-state index is 0.276. The Kier molecular flexibility index (Phi) is 5.56. The van der Waals surface area contributed by atoms with Gasteiger partial charge < -0.3 is 10.1 Å². The van der Waals surface area contributed by atoms with Crippen LogP contribution in [0.4, 0.5) is 0 Å². The Balaban J connectivity index is 1.91. The molecule has 0 saturated carbocycles. The number of methoxy groups -OCH3 is 1. The number of hydrogen-bond acceptors (Lipinski definition) is 4. The molecule has 4 nitrogen and oxygen atoms in total. The summed E-state index contributed by atoms with van der Waals surface area (Å²) in [6.07, 6.45) is 2.46. The van der Waals surface area contributed by atoms with Crippen LogP contribution in [-0.4, -0.2) is 43.7 Å². The van der Waals surface area contributed by atoms with Crippen molar-refractivity contribution in [2.24, 2.45) is 0 Å². The fraction of sp³-hybridized carbons (Fsp3) is 0.562. The number of nitrogens with zero attached hydrogens (tertiary/aromatic N) is 1. The van der Waals surface area contributed by atoms with Crippen LogP contribution in [0.3, 0.4) is 0 Å². The molecule has 1 aliphatic heterocycles. The van der Waals surface area contributed by atoms with E-state index < -0.39 is 0 Å². The normalized spacial score (nSPS) is 19.8. The fourth-order valence-corrected chi connectivity index (χ4v) is 2.70. The maximum absolute atomic E-state index is 11.4. The van der Waals surface area contributed by atoms with Gasteiger partial charge in [0.25, 0.3) is 0 Å². The molecule has 0 aromatic heterocycles. The predicted octanol–water partition coefficient (Wildman–Crippen LogP) is 2.05. The molecule has 1 saturated heterocycles. The summed E-state index contributed by atoms with van der Waals surface area (Å²) in [5.74, 6) is -0.276. The Morgan fingerprint density at radius 1 is 1.40 bits per heavy atom. The summed E-state index contributed by atoms with van der Waals surface area (Å²) < 4.78 is 4.71. The zero-order valence-corrected chi connectivity index (χ0v) is 12.4. The van der Waals surface area contributed by atoms with Gasteiger partial charge in [-0.3, -0.25) is 4.90 Å². The smallest absolute Gasteiger partial charge is 0.337 e. The van der Waals surface area contributed by atoms with Crippen LogP contribution in [0.1, 0.15) is 35.7 Å². The van der Waals surface area contributed by atoms with E-state index in [2.05, 4.69) is 17.1 Å². The zero-order chi connectivity index (χ0) is 14.4. The monoisotopic (exact) mass is 276 g/mol. The second-order valence-electron chi connectivity index (χ2n) is 5.36. The van der Waals surface area contributed by atoms with Crippen LogP contribution in [0.5, 0.6) is 0 Å². The van der Waals surface area contributed by atoms with Crippen LogP contribution in [-0.2, 0) is 11.3 Å². The van der Waals surface area contributed by atoms with Gasteiger partial charge in [0.05, 0.1) is 12.7 Å². The van der Waals surface area contributed by atoms with E-state index in [1.165, 1.54) is 25.5 Å². The quantitative estimate of drug-likeness (QED) is 0.836. The van der Waals surface area contributed by atoms with Gasteiger partial charge in [-0.15, -0.1) is 0 Å². The van der Waals surface area contributed by atoms with E-state index >= 15 is 0 Å². The number of hydrogen-bond donors (Lipinski definition) is 1. The number of benzene rings is 1. The molecule has 1 aromatic carbocycles. The minimum atomic E-state index is -0.276. The number of carbonyl (C=O) groups excluding carboxylic acids is 1. The average Bonchev–Trinajstić information content (AvgIpc) is 2.48. The lowest BCUT2D eigenvalue weighted by atomic mass is 10.1. The summed E-state index contributed by atoms with van der Waals surface area (Å²) in [6.45, 7) is 6.42. The summed E-state index contributed by atoms with van der Waals surface area (Å²) in [5.41, 5.74) is 1.86. The van der Waals surface area contributed by atoms with E-state index in [9.17, 15) is 4.79 Å². The Morgan fingerprint density at radius 3 is 2.80 bits per heavy atom. The number of rotatable bonds is 5. The van der Waals surface area contributed by atoms with Gasteiger partial charge in [-0.1, -0.05) is 25.5 Å². The second-order valence-corrected chi connectivity index (χ2v) is 5.36. The van der Waals surface area contributed by atoms with Crippen LogP contribution in [0, 0.1) is 0 Å². The summed E-state index contributed by atoms with van der Waals surface area (Å²) in [4.78, 5) is 13.9. The molecule has 0 aliphatic carbocycles. The van der Waals surface area contributed by atoms with Crippen molar-refractivity contribution >= 4 is 5.97 Å². The lowest BCUT2D eigenvalue weighted by molar-refractivity contribution is 0.0600. The van der Waals surface area contributed by atoms with Crippen molar-refractivity contribution in [2.75, 3.05) is 26.7 Å². The standard InChI is InChI=1S/C16H24N2O2/c1-3-4-15-12-18(10-9-17-15)11-13-5-7-14(8-6-13)16(19)20-2/h5-8,15,17H,3-4,9-12H2,1-2H3. The molecule has 1 N–H and O–H groups in total.